The predicted octanol–water partition coefficient (Wildman–Crippen LogP) is 3.85. The summed E-state index contributed by atoms with van der Waals surface area (Å²) in [4.78, 5) is 22.3. The number of benzene rings is 2. The maximum absolute atomic E-state index is 10.9. The number of thioether (sulfide) groups is 1. The second-order valence-electron chi connectivity index (χ2n) is 4.42. The van der Waals surface area contributed by atoms with Crippen molar-refractivity contribution in [3.05, 3.63) is 64.2 Å². The molecule has 1 N–H and O–H groups in total. The monoisotopic (exact) mass is 302 g/mol. The van der Waals surface area contributed by atoms with Gasteiger partial charge in [-0.3, -0.25) is 14.9 Å². The molecule has 1 amide bonds. The molecule has 0 aliphatic heterocycles. The van der Waals surface area contributed by atoms with Gasteiger partial charge >= 0.3 is 0 Å². The third-order valence-corrected chi connectivity index (χ3v) is 3.78. The summed E-state index contributed by atoms with van der Waals surface area (Å²) < 4.78 is 0. The van der Waals surface area contributed by atoms with Crippen molar-refractivity contribution in [1.29, 1.82) is 0 Å². The molecule has 0 aromatic heterocycles. The van der Waals surface area contributed by atoms with Gasteiger partial charge in [-0.25, -0.2) is 0 Å². The number of anilines is 1. The van der Waals surface area contributed by atoms with Crippen molar-refractivity contribution in [2.75, 3.05) is 5.32 Å². The van der Waals surface area contributed by atoms with Gasteiger partial charge < -0.3 is 5.32 Å². The molecule has 2 aromatic rings. The normalized spacial score (nSPS) is 10.1. The number of carbonyl (C=O) groups is 1. The van der Waals surface area contributed by atoms with Crippen LogP contribution in [0.3, 0.4) is 0 Å². The Kier molecular flexibility index (Phi) is 4.94. The van der Waals surface area contributed by atoms with E-state index in [-0.39, 0.29) is 11.6 Å². The van der Waals surface area contributed by atoms with Crippen molar-refractivity contribution >= 4 is 29.0 Å². The average molecular weight is 302 g/mol. The zero-order chi connectivity index (χ0) is 15.2. The molecule has 0 saturated carbocycles. The molecule has 2 rings (SSSR count). The molecule has 0 atom stereocenters. The summed E-state index contributed by atoms with van der Waals surface area (Å²) in [5.74, 6) is 0.549. The Bertz CT molecular complexity index is 656. The molecule has 5 nitrogen and oxygen atoms in total. The summed E-state index contributed by atoms with van der Waals surface area (Å²) >= 11 is 1.59. The van der Waals surface area contributed by atoms with Gasteiger partial charge in [-0.2, -0.15) is 0 Å². The Balaban J connectivity index is 1.98. The highest BCUT2D eigenvalue weighted by Gasteiger charge is 2.06. The number of nitrogens with one attached hydrogen (secondary N) is 1. The second-order valence-corrected chi connectivity index (χ2v) is 5.47. The van der Waals surface area contributed by atoms with Gasteiger partial charge in [0, 0.05) is 35.4 Å². The molecule has 21 heavy (non-hydrogen) atoms. The van der Waals surface area contributed by atoms with Crippen molar-refractivity contribution < 1.29 is 9.72 Å². The van der Waals surface area contributed by atoms with Gasteiger partial charge in [0.1, 0.15) is 0 Å². The van der Waals surface area contributed by atoms with Crippen LogP contribution >= 0.6 is 11.8 Å². The fourth-order valence-electron chi connectivity index (χ4n) is 1.76. The number of carbonyl (C=O) groups excluding carboxylic acids is 1. The van der Waals surface area contributed by atoms with Crippen molar-refractivity contribution in [3.63, 3.8) is 0 Å². The molecule has 0 bridgehead atoms. The molecule has 0 aliphatic carbocycles. The Morgan fingerprint density at radius 1 is 1.24 bits per heavy atom. The zero-order valence-electron chi connectivity index (χ0n) is 11.4. The van der Waals surface area contributed by atoms with Crippen LogP contribution in [0.25, 0.3) is 0 Å². The molecule has 0 unspecified atom stereocenters. The highest BCUT2D eigenvalue weighted by Crippen LogP contribution is 2.25. The van der Waals surface area contributed by atoms with Crippen molar-refractivity contribution in [1.82, 2.24) is 0 Å². The third-order valence-electron chi connectivity index (χ3n) is 2.70. The maximum Gasteiger partial charge on any atom is 0.269 e. The Hall–Kier alpha value is -2.34. The number of non-ortho nitro benzene ring substituents is 1. The summed E-state index contributed by atoms with van der Waals surface area (Å²) in [6.07, 6.45) is 0. The summed E-state index contributed by atoms with van der Waals surface area (Å²) in [5, 5.41) is 13.4. The molecule has 0 radical (unpaired) electrons. The number of hydrogen-bond donors (Lipinski definition) is 1. The van der Waals surface area contributed by atoms with Crippen molar-refractivity contribution in [3.8, 4) is 0 Å². The quantitative estimate of drug-likeness (QED) is 0.517. The first-order valence-electron chi connectivity index (χ1n) is 6.28. The largest absolute Gasteiger partial charge is 0.326 e. The number of rotatable bonds is 5. The standard InChI is InChI=1S/C15H14N2O3S/c1-11(18)16-13-5-7-15(8-6-13)21-10-12-3-2-4-14(9-12)17(19)20/h2-9H,10H2,1H3,(H,16,18). The van der Waals surface area contributed by atoms with Crippen LogP contribution < -0.4 is 5.32 Å². The molecule has 108 valence electrons. The van der Waals surface area contributed by atoms with Crippen LogP contribution in [0, 0.1) is 10.1 Å². The van der Waals surface area contributed by atoms with Crippen LogP contribution in [-0.4, -0.2) is 10.8 Å². The van der Waals surface area contributed by atoms with Crippen molar-refractivity contribution in [2.45, 2.75) is 17.6 Å². The van der Waals surface area contributed by atoms with Crippen LogP contribution in [0.5, 0.6) is 0 Å². The third kappa shape index (κ3) is 4.61. The Morgan fingerprint density at radius 2 is 1.95 bits per heavy atom. The summed E-state index contributed by atoms with van der Waals surface area (Å²) in [5.41, 5.74) is 1.76. The van der Waals surface area contributed by atoms with E-state index >= 15 is 0 Å². The van der Waals surface area contributed by atoms with Gasteiger partial charge in [0.15, 0.2) is 0 Å². The summed E-state index contributed by atoms with van der Waals surface area (Å²) in [6.45, 7) is 1.46. The molecule has 0 fully saturated rings. The molecular weight excluding hydrogens is 288 g/mol. The minimum absolute atomic E-state index is 0.105. The minimum Gasteiger partial charge on any atom is -0.326 e. The van der Waals surface area contributed by atoms with Gasteiger partial charge in [-0.05, 0) is 29.8 Å². The molecule has 0 saturated heterocycles. The Labute approximate surface area is 126 Å². The van der Waals surface area contributed by atoms with Crippen LogP contribution in [0.15, 0.2) is 53.4 Å². The lowest BCUT2D eigenvalue weighted by molar-refractivity contribution is -0.384. The van der Waals surface area contributed by atoms with Gasteiger partial charge in [0.05, 0.1) is 4.92 Å². The number of nitro groups is 1. The van der Waals surface area contributed by atoms with Crippen LogP contribution in [0.4, 0.5) is 11.4 Å². The number of nitro benzene ring substituents is 1. The average Bonchev–Trinajstić information content (AvgIpc) is 2.46. The van der Waals surface area contributed by atoms with Crippen LogP contribution in [-0.2, 0) is 10.5 Å². The maximum atomic E-state index is 10.9. The smallest absolute Gasteiger partial charge is 0.269 e. The highest BCUT2D eigenvalue weighted by atomic mass is 32.2. The molecule has 0 spiro atoms. The highest BCUT2D eigenvalue weighted by molar-refractivity contribution is 7.98. The number of amides is 1. The lowest BCUT2D eigenvalue weighted by atomic mass is 10.2. The fourth-order valence-corrected chi connectivity index (χ4v) is 2.61. The van der Waals surface area contributed by atoms with E-state index in [0.717, 1.165) is 16.1 Å². The minimum atomic E-state index is -0.392. The van der Waals surface area contributed by atoms with E-state index in [2.05, 4.69) is 5.32 Å². The first kappa shape index (κ1) is 15.1. The second kappa shape index (κ2) is 6.90. The van der Waals surface area contributed by atoms with Crippen LogP contribution in [0.2, 0.25) is 0 Å². The van der Waals surface area contributed by atoms with E-state index in [1.807, 2.05) is 30.3 Å². The predicted molar refractivity (Wildman–Crippen MR) is 83.4 cm³/mol. The van der Waals surface area contributed by atoms with E-state index in [1.54, 1.807) is 23.9 Å². The SMILES string of the molecule is CC(=O)Nc1ccc(SCc2cccc([N+](=O)[O-])c2)cc1. The molecule has 2 aromatic carbocycles. The van der Waals surface area contributed by atoms with Gasteiger partial charge in [-0.15, -0.1) is 11.8 Å². The van der Waals surface area contributed by atoms with Gasteiger partial charge in [-0.1, -0.05) is 12.1 Å². The van der Waals surface area contributed by atoms with E-state index in [4.69, 9.17) is 0 Å². The molecular formula is C15H14N2O3S. The van der Waals surface area contributed by atoms with Crippen LogP contribution in [0.1, 0.15) is 12.5 Å². The fraction of sp³-hybridized carbons (Fsp3) is 0.133. The lowest BCUT2D eigenvalue weighted by Crippen LogP contribution is -2.05. The van der Waals surface area contributed by atoms with Gasteiger partial charge in [0.25, 0.3) is 5.69 Å². The molecule has 0 heterocycles. The topological polar surface area (TPSA) is 72.2 Å². The van der Waals surface area contributed by atoms with Crippen molar-refractivity contribution in [2.24, 2.45) is 0 Å². The van der Waals surface area contributed by atoms with E-state index in [9.17, 15) is 14.9 Å². The number of nitrogens with zero attached hydrogens (tertiary/aromatic N) is 1. The summed E-state index contributed by atoms with van der Waals surface area (Å²) in [6, 6.07) is 14.1. The molecule has 6 heteroatoms. The summed E-state index contributed by atoms with van der Waals surface area (Å²) in [7, 11) is 0. The van der Waals surface area contributed by atoms with E-state index in [0.29, 0.717) is 5.75 Å². The molecule has 0 aliphatic rings. The first-order valence-corrected chi connectivity index (χ1v) is 7.27. The Morgan fingerprint density at radius 3 is 2.57 bits per heavy atom. The number of hydrogen-bond acceptors (Lipinski definition) is 4. The van der Waals surface area contributed by atoms with Gasteiger partial charge in [0.2, 0.25) is 5.91 Å². The first-order chi connectivity index (χ1) is 10.0. The van der Waals surface area contributed by atoms with E-state index < -0.39 is 4.92 Å². The van der Waals surface area contributed by atoms with E-state index in [1.165, 1.54) is 13.0 Å². The lowest BCUT2D eigenvalue weighted by Gasteiger charge is -2.05. The zero-order valence-corrected chi connectivity index (χ0v) is 12.2.